The molecule has 0 N–H and O–H groups in total. The van der Waals surface area contributed by atoms with Gasteiger partial charge in [0.2, 0.25) is 0 Å². The minimum absolute atomic E-state index is 0.0195. The van der Waals surface area contributed by atoms with Gasteiger partial charge in [0.1, 0.15) is 18.2 Å². The lowest BCUT2D eigenvalue weighted by atomic mass is 10.2. The Morgan fingerprint density at radius 1 is 1.17 bits per heavy atom. The van der Waals surface area contributed by atoms with E-state index in [1.807, 2.05) is 30.3 Å². The minimum atomic E-state index is -0.297. The van der Waals surface area contributed by atoms with Crippen LogP contribution in [0.25, 0.3) is 10.1 Å². The van der Waals surface area contributed by atoms with Gasteiger partial charge in [-0.05, 0) is 41.8 Å². The minimum Gasteiger partial charge on any atom is -0.492 e. The Kier molecular flexibility index (Phi) is 4.57. The number of likely N-dealkylation sites (N-methyl/N-ethyl adjacent to an activating group) is 1. The predicted octanol–water partition coefficient (Wildman–Crippen LogP) is 4.19. The highest BCUT2D eigenvalue weighted by molar-refractivity contribution is 7.20. The van der Waals surface area contributed by atoms with Gasteiger partial charge in [-0.3, -0.25) is 4.79 Å². The molecule has 2 aromatic carbocycles. The molecule has 0 aliphatic rings. The number of nitrogens with zero attached hydrogens (tertiary/aromatic N) is 1. The molecule has 0 unspecified atom stereocenters. The van der Waals surface area contributed by atoms with E-state index in [0.717, 1.165) is 15.0 Å². The third kappa shape index (κ3) is 3.68. The highest BCUT2D eigenvalue weighted by Crippen LogP contribution is 2.26. The summed E-state index contributed by atoms with van der Waals surface area (Å²) in [6.45, 7) is 0.823. The molecule has 118 valence electrons. The summed E-state index contributed by atoms with van der Waals surface area (Å²) in [6, 6.07) is 15.7. The van der Waals surface area contributed by atoms with Crippen molar-refractivity contribution in [1.82, 2.24) is 4.90 Å². The second kappa shape index (κ2) is 6.79. The summed E-state index contributed by atoms with van der Waals surface area (Å²) < 4.78 is 19.4. The summed E-state index contributed by atoms with van der Waals surface area (Å²) in [5, 5.41) is 1.08. The third-order valence-corrected chi connectivity index (χ3v) is 4.60. The van der Waals surface area contributed by atoms with E-state index in [1.54, 1.807) is 24.1 Å². The van der Waals surface area contributed by atoms with Crippen molar-refractivity contribution in [1.29, 1.82) is 0 Å². The van der Waals surface area contributed by atoms with E-state index in [4.69, 9.17) is 4.74 Å². The molecule has 23 heavy (non-hydrogen) atoms. The van der Waals surface area contributed by atoms with Gasteiger partial charge in [-0.1, -0.05) is 18.2 Å². The Labute approximate surface area is 137 Å². The number of benzene rings is 2. The highest BCUT2D eigenvalue weighted by atomic mass is 32.1. The maximum Gasteiger partial charge on any atom is 0.263 e. The maximum absolute atomic E-state index is 12.8. The van der Waals surface area contributed by atoms with Gasteiger partial charge < -0.3 is 9.64 Å². The lowest BCUT2D eigenvalue weighted by Gasteiger charge is -2.16. The molecule has 0 bridgehead atoms. The zero-order valence-electron chi connectivity index (χ0n) is 12.7. The van der Waals surface area contributed by atoms with Crippen LogP contribution in [0.3, 0.4) is 0 Å². The molecule has 0 aliphatic heterocycles. The second-order valence-corrected chi connectivity index (χ2v) is 6.26. The fourth-order valence-corrected chi connectivity index (χ4v) is 3.27. The molecule has 3 nitrogen and oxygen atoms in total. The van der Waals surface area contributed by atoms with E-state index >= 15 is 0 Å². The first kappa shape index (κ1) is 15.5. The van der Waals surface area contributed by atoms with Gasteiger partial charge in [-0.25, -0.2) is 4.39 Å². The fraction of sp³-hybridized carbons (Fsp3) is 0.167. The monoisotopic (exact) mass is 329 g/mol. The summed E-state index contributed by atoms with van der Waals surface area (Å²) in [7, 11) is 1.75. The molecule has 0 aliphatic carbocycles. The Morgan fingerprint density at radius 3 is 2.65 bits per heavy atom. The Hall–Kier alpha value is -2.40. The van der Waals surface area contributed by atoms with Crippen LogP contribution in [0.2, 0.25) is 0 Å². The quantitative estimate of drug-likeness (QED) is 0.702. The molecule has 0 spiro atoms. The molecule has 3 rings (SSSR count). The first-order valence-corrected chi connectivity index (χ1v) is 8.07. The van der Waals surface area contributed by atoms with Gasteiger partial charge in [-0.2, -0.15) is 0 Å². The van der Waals surface area contributed by atoms with Crippen LogP contribution in [-0.2, 0) is 0 Å². The molecular weight excluding hydrogens is 313 g/mol. The summed E-state index contributed by atoms with van der Waals surface area (Å²) in [4.78, 5) is 14.8. The van der Waals surface area contributed by atoms with Crippen molar-refractivity contribution < 1.29 is 13.9 Å². The second-order valence-electron chi connectivity index (χ2n) is 5.18. The zero-order valence-corrected chi connectivity index (χ0v) is 13.5. The lowest BCUT2D eigenvalue weighted by Crippen LogP contribution is -2.30. The number of carbonyl (C=O) groups is 1. The van der Waals surface area contributed by atoms with Crippen LogP contribution in [-0.4, -0.2) is 31.0 Å². The molecule has 1 amide bonds. The molecule has 0 atom stereocenters. The molecule has 1 aromatic heterocycles. The average molecular weight is 329 g/mol. The standard InChI is InChI=1S/C18H16FNO2S/c1-20(10-11-22-15-8-6-14(19)7-9-15)18(21)17-12-13-4-2-3-5-16(13)23-17/h2-9,12H,10-11H2,1H3. The van der Waals surface area contributed by atoms with E-state index in [2.05, 4.69) is 0 Å². The molecule has 0 saturated carbocycles. The van der Waals surface area contributed by atoms with Crippen molar-refractivity contribution in [3.63, 3.8) is 0 Å². The predicted molar refractivity (Wildman–Crippen MR) is 90.7 cm³/mol. The molecule has 0 saturated heterocycles. The van der Waals surface area contributed by atoms with Gasteiger partial charge in [0.05, 0.1) is 11.4 Å². The largest absolute Gasteiger partial charge is 0.492 e. The molecule has 0 radical (unpaired) electrons. The molecule has 5 heteroatoms. The Morgan fingerprint density at radius 2 is 1.91 bits per heavy atom. The first-order valence-electron chi connectivity index (χ1n) is 7.26. The summed E-state index contributed by atoms with van der Waals surface area (Å²) in [5.74, 6) is 0.275. The van der Waals surface area contributed by atoms with Crippen molar-refractivity contribution in [3.8, 4) is 5.75 Å². The lowest BCUT2D eigenvalue weighted by molar-refractivity contribution is 0.0778. The number of fused-ring (bicyclic) bond motifs is 1. The fourth-order valence-electron chi connectivity index (χ4n) is 2.21. The topological polar surface area (TPSA) is 29.5 Å². The van der Waals surface area contributed by atoms with Crippen molar-refractivity contribution >= 4 is 27.3 Å². The number of halogens is 1. The van der Waals surface area contributed by atoms with E-state index in [9.17, 15) is 9.18 Å². The number of carbonyl (C=O) groups excluding carboxylic acids is 1. The van der Waals surface area contributed by atoms with Gasteiger partial charge >= 0.3 is 0 Å². The summed E-state index contributed by atoms with van der Waals surface area (Å²) in [6.07, 6.45) is 0. The van der Waals surface area contributed by atoms with E-state index < -0.39 is 0 Å². The summed E-state index contributed by atoms with van der Waals surface area (Å²) in [5.41, 5.74) is 0. The van der Waals surface area contributed by atoms with Crippen molar-refractivity contribution in [3.05, 3.63) is 65.3 Å². The summed E-state index contributed by atoms with van der Waals surface area (Å²) >= 11 is 1.49. The van der Waals surface area contributed by atoms with Crippen LogP contribution in [0, 0.1) is 5.82 Å². The molecular formula is C18H16FNO2S. The van der Waals surface area contributed by atoms with Crippen molar-refractivity contribution in [2.24, 2.45) is 0 Å². The average Bonchev–Trinajstić information content (AvgIpc) is 3.00. The van der Waals surface area contributed by atoms with Gasteiger partial charge in [0, 0.05) is 11.7 Å². The normalized spacial score (nSPS) is 10.7. The molecule has 3 aromatic rings. The number of ether oxygens (including phenoxy) is 1. The molecule has 1 heterocycles. The number of amides is 1. The Bertz CT molecular complexity index is 780. The number of hydrogen-bond acceptors (Lipinski definition) is 3. The molecule has 0 fully saturated rings. The SMILES string of the molecule is CN(CCOc1ccc(F)cc1)C(=O)c1cc2ccccc2s1. The van der Waals surface area contributed by atoms with Crippen molar-refractivity contribution in [2.75, 3.05) is 20.2 Å². The van der Waals surface area contributed by atoms with Crippen LogP contribution in [0.1, 0.15) is 9.67 Å². The number of hydrogen-bond donors (Lipinski definition) is 0. The van der Waals surface area contributed by atoms with Crippen LogP contribution < -0.4 is 4.74 Å². The van der Waals surface area contributed by atoms with E-state index in [0.29, 0.717) is 18.9 Å². The first-order chi connectivity index (χ1) is 11.1. The maximum atomic E-state index is 12.8. The van der Waals surface area contributed by atoms with Crippen molar-refractivity contribution in [2.45, 2.75) is 0 Å². The highest BCUT2D eigenvalue weighted by Gasteiger charge is 2.14. The van der Waals surface area contributed by atoms with Crippen LogP contribution >= 0.6 is 11.3 Å². The van der Waals surface area contributed by atoms with E-state index in [-0.39, 0.29) is 11.7 Å². The van der Waals surface area contributed by atoms with Gasteiger partial charge in [0.15, 0.2) is 0 Å². The van der Waals surface area contributed by atoms with E-state index in [1.165, 1.54) is 23.5 Å². The third-order valence-electron chi connectivity index (χ3n) is 3.49. The Balaban J connectivity index is 1.57. The van der Waals surface area contributed by atoms with Gasteiger partial charge in [-0.15, -0.1) is 11.3 Å². The van der Waals surface area contributed by atoms with Gasteiger partial charge in [0.25, 0.3) is 5.91 Å². The number of rotatable bonds is 5. The smallest absolute Gasteiger partial charge is 0.263 e. The van der Waals surface area contributed by atoms with Crippen LogP contribution in [0.5, 0.6) is 5.75 Å². The van der Waals surface area contributed by atoms with Crippen LogP contribution in [0.15, 0.2) is 54.6 Å². The zero-order chi connectivity index (χ0) is 16.2. The van der Waals surface area contributed by atoms with Crippen LogP contribution in [0.4, 0.5) is 4.39 Å². The number of thiophene rings is 1.